The molecule has 0 fully saturated rings. The number of nitrogens with zero attached hydrogens (tertiary/aromatic N) is 1. The molecule has 0 aliphatic rings. The molecular weight excluding hydrogens is 202 g/mol. The molecule has 2 N–H and O–H groups in total. The third-order valence-electron chi connectivity index (χ3n) is 2.07. The first-order chi connectivity index (χ1) is 7.00. The van der Waals surface area contributed by atoms with Gasteiger partial charge in [0, 0.05) is 11.5 Å². The quantitative estimate of drug-likeness (QED) is 0.757. The maximum atomic E-state index is 10.6. The normalized spacial score (nSPS) is 10.5. The molecule has 1 aromatic rings. The van der Waals surface area contributed by atoms with E-state index in [4.69, 9.17) is 14.7 Å². The fourth-order valence-corrected chi connectivity index (χ4v) is 1.41. The van der Waals surface area contributed by atoms with Gasteiger partial charge < -0.3 is 14.7 Å². The topological polar surface area (TPSA) is 101 Å². The first kappa shape index (κ1) is 11.2. The molecule has 1 heterocycles. The predicted molar refractivity (Wildman–Crippen MR) is 48.5 cm³/mol. The average molecular weight is 213 g/mol. The van der Waals surface area contributed by atoms with Crippen molar-refractivity contribution < 1.29 is 24.3 Å². The summed E-state index contributed by atoms with van der Waals surface area (Å²) in [6, 6.07) is 0. The molecule has 1 rings (SSSR count). The minimum Gasteiger partial charge on any atom is -0.481 e. The molecule has 0 amide bonds. The van der Waals surface area contributed by atoms with Gasteiger partial charge >= 0.3 is 11.9 Å². The lowest BCUT2D eigenvalue weighted by Crippen LogP contribution is -2.11. The van der Waals surface area contributed by atoms with Crippen LogP contribution >= 0.6 is 0 Å². The minimum absolute atomic E-state index is 0.242. The Kier molecular flexibility index (Phi) is 3.43. The van der Waals surface area contributed by atoms with Gasteiger partial charge in [0.25, 0.3) is 0 Å². The number of rotatable bonds is 5. The summed E-state index contributed by atoms with van der Waals surface area (Å²) in [6.07, 6.45) is 0.884. The van der Waals surface area contributed by atoms with E-state index in [1.54, 1.807) is 6.92 Å². The zero-order valence-electron chi connectivity index (χ0n) is 8.14. The lowest BCUT2D eigenvalue weighted by molar-refractivity contribution is -0.139. The fourth-order valence-electron chi connectivity index (χ4n) is 1.41. The van der Waals surface area contributed by atoms with Gasteiger partial charge in [-0.25, -0.2) is 0 Å². The monoisotopic (exact) mass is 213 g/mol. The van der Waals surface area contributed by atoms with Crippen molar-refractivity contribution in [3.05, 3.63) is 17.5 Å². The molecule has 15 heavy (non-hydrogen) atoms. The molecule has 0 saturated carbocycles. The van der Waals surface area contributed by atoms with E-state index >= 15 is 0 Å². The second kappa shape index (κ2) is 4.59. The standard InChI is InChI=1S/C9H11NO5/c1-5-7(4-10-15-5)6(2-8(11)12)3-9(13)14/h4,6H,2-3H2,1H3,(H,11,12)(H,13,14). The van der Waals surface area contributed by atoms with Crippen LogP contribution in [0.3, 0.4) is 0 Å². The van der Waals surface area contributed by atoms with Crippen LogP contribution in [0.25, 0.3) is 0 Å². The van der Waals surface area contributed by atoms with Crippen LogP contribution < -0.4 is 0 Å². The molecule has 0 aliphatic heterocycles. The average Bonchev–Trinajstić information content (AvgIpc) is 2.48. The SMILES string of the molecule is Cc1oncc1C(CC(=O)O)CC(=O)O. The maximum absolute atomic E-state index is 10.6. The summed E-state index contributed by atoms with van der Waals surface area (Å²) in [6.45, 7) is 1.62. The first-order valence-corrected chi connectivity index (χ1v) is 4.35. The number of carboxylic acids is 2. The van der Waals surface area contributed by atoms with E-state index in [0.29, 0.717) is 11.3 Å². The van der Waals surface area contributed by atoms with Crippen molar-refractivity contribution in [1.82, 2.24) is 5.16 Å². The lowest BCUT2D eigenvalue weighted by atomic mass is 9.93. The van der Waals surface area contributed by atoms with Crippen molar-refractivity contribution in [1.29, 1.82) is 0 Å². The van der Waals surface area contributed by atoms with Crippen molar-refractivity contribution >= 4 is 11.9 Å². The van der Waals surface area contributed by atoms with Gasteiger partial charge in [0.05, 0.1) is 19.0 Å². The summed E-state index contributed by atoms with van der Waals surface area (Å²) < 4.78 is 4.77. The van der Waals surface area contributed by atoms with Crippen molar-refractivity contribution in [2.24, 2.45) is 0 Å². The van der Waals surface area contributed by atoms with E-state index < -0.39 is 17.9 Å². The van der Waals surface area contributed by atoms with Crippen molar-refractivity contribution in [2.75, 3.05) is 0 Å². The third-order valence-corrected chi connectivity index (χ3v) is 2.07. The Morgan fingerprint density at radius 2 is 1.93 bits per heavy atom. The van der Waals surface area contributed by atoms with Crippen molar-refractivity contribution in [3.63, 3.8) is 0 Å². The van der Waals surface area contributed by atoms with E-state index in [0.717, 1.165) is 0 Å². The molecule has 0 spiro atoms. The van der Waals surface area contributed by atoms with Gasteiger partial charge in [-0.05, 0) is 6.92 Å². The largest absolute Gasteiger partial charge is 0.481 e. The van der Waals surface area contributed by atoms with Crippen LogP contribution in [-0.4, -0.2) is 27.3 Å². The van der Waals surface area contributed by atoms with Gasteiger partial charge in [0.15, 0.2) is 0 Å². The molecule has 0 unspecified atom stereocenters. The van der Waals surface area contributed by atoms with E-state index in [2.05, 4.69) is 5.16 Å². The molecule has 0 saturated heterocycles. The molecule has 0 bridgehead atoms. The maximum Gasteiger partial charge on any atom is 0.303 e. The summed E-state index contributed by atoms with van der Waals surface area (Å²) in [7, 11) is 0. The van der Waals surface area contributed by atoms with Crippen LogP contribution in [0.15, 0.2) is 10.7 Å². The number of aryl methyl sites for hydroxylation is 1. The van der Waals surface area contributed by atoms with E-state index in [1.165, 1.54) is 6.20 Å². The molecule has 0 aromatic carbocycles. The van der Waals surface area contributed by atoms with E-state index in [9.17, 15) is 9.59 Å². The summed E-state index contributed by atoms with van der Waals surface area (Å²) in [4.78, 5) is 21.1. The zero-order chi connectivity index (χ0) is 11.4. The van der Waals surface area contributed by atoms with Gasteiger partial charge in [0.2, 0.25) is 0 Å². The van der Waals surface area contributed by atoms with Crippen LogP contribution in [0.2, 0.25) is 0 Å². The van der Waals surface area contributed by atoms with E-state index in [1.807, 2.05) is 0 Å². The summed E-state index contributed by atoms with van der Waals surface area (Å²) >= 11 is 0. The number of carbonyl (C=O) groups is 2. The van der Waals surface area contributed by atoms with E-state index in [-0.39, 0.29) is 12.8 Å². The number of carboxylic acid groups (broad SMARTS) is 2. The Morgan fingerprint density at radius 1 is 1.40 bits per heavy atom. The lowest BCUT2D eigenvalue weighted by Gasteiger charge is -2.09. The summed E-state index contributed by atoms with van der Waals surface area (Å²) in [5, 5.41) is 20.8. The molecule has 0 atom stereocenters. The zero-order valence-corrected chi connectivity index (χ0v) is 8.14. The molecule has 1 aromatic heterocycles. The highest BCUT2D eigenvalue weighted by Crippen LogP contribution is 2.26. The molecule has 6 heteroatoms. The van der Waals surface area contributed by atoms with Gasteiger partial charge in [-0.2, -0.15) is 0 Å². The van der Waals surface area contributed by atoms with Gasteiger partial charge in [-0.15, -0.1) is 0 Å². The van der Waals surface area contributed by atoms with Crippen LogP contribution in [-0.2, 0) is 9.59 Å². The van der Waals surface area contributed by atoms with Crippen LogP contribution in [0.1, 0.15) is 30.1 Å². The molecule has 6 nitrogen and oxygen atoms in total. The second-order valence-corrected chi connectivity index (χ2v) is 3.23. The Bertz CT molecular complexity index is 354. The summed E-state index contributed by atoms with van der Waals surface area (Å²) in [5.41, 5.74) is 0.541. The van der Waals surface area contributed by atoms with Gasteiger partial charge in [-0.1, -0.05) is 5.16 Å². The molecule has 0 aliphatic carbocycles. The highest BCUT2D eigenvalue weighted by atomic mass is 16.5. The number of aromatic nitrogens is 1. The predicted octanol–water partition coefficient (Wildman–Crippen LogP) is 1.02. The summed E-state index contributed by atoms with van der Waals surface area (Å²) in [5.74, 6) is -2.21. The van der Waals surface area contributed by atoms with Crippen molar-refractivity contribution in [3.8, 4) is 0 Å². The highest BCUT2D eigenvalue weighted by Gasteiger charge is 2.22. The Hall–Kier alpha value is -1.85. The third kappa shape index (κ3) is 3.08. The molecule has 82 valence electrons. The van der Waals surface area contributed by atoms with Gasteiger partial charge in [0.1, 0.15) is 5.76 Å². The fraction of sp³-hybridized carbons (Fsp3) is 0.444. The first-order valence-electron chi connectivity index (χ1n) is 4.35. The Labute approximate surface area is 85.5 Å². The smallest absolute Gasteiger partial charge is 0.303 e. The Balaban J connectivity index is 2.85. The molecular formula is C9H11NO5. The van der Waals surface area contributed by atoms with Crippen molar-refractivity contribution in [2.45, 2.75) is 25.7 Å². The minimum atomic E-state index is -1.04. The van der Waals surface area contributed by atoms with Crippen LogP contribution in [0.4, 0.5) is 0 Å². The number of hydrogen-bond donors (Lipinski definition) is 2. The number of hydrogen-bond acceptors (Lipinski definition) is 4. The van der Waals surface area contributed by atoms with Crippen LogP contribution in [0, 0.1) is 6.92 Å². The molecule has 0 radical (unpaired) electrons. The Morgan fingerprint density at radius 3 is 2.27 bits per heavy atom. The highest BCUT2D eigenvalue weighted by molar-refractivity contribution is 5.72. The van der Waals surface area contributed by atoms with Gasteiger partial charge in [-0.3, -0.25) is 9.59 Å². The second-order valence-electron chi connectivity index (χ2n) is 3.23. The number of aliphatic carboxylic acids is 2. The van der Waals surface area contributed by atoms with Crippen LogP contribution in [0.5, 0.6) is 0 Å².